The predicted molar refractivity (Wildman–Crippen MR) is 109 cm³/mol. The van der Waals surface area contributed by atoms with Gasteiger partial charge in [-0.3, -0.25) is 4.79 Å². The van der Waals surface area contributed by atoms with Crippen molar-refractivity contribution in [3.63, 3.8) is 0 Å². The number of carbonyl (C=O) groups excluding carboxylic acids is 1. The van der Waals surface area contributed by atoms with E-state index in [-0.39, 0.29) is 36.5 Å². The summed E-state index contributed by atoms with van der Waals surface area (Å²) in [4.78, 5) is 12.6. The van der Waals surface area contributed by atoms with E-state index in [0.717, 1.165) is 12.1 Å². The fraction of sp³-hybridized carbons (Fsp3) is 0.381. The lowest BCUT2D eigenvalue weighted by atomic mass is 9.97. The summed E-state index contributed by atoms with van der Waals surface area (Å²) < 4.78 is 70.8. The fourth-order valence-electron chi connectivity index (χ4n) is 3.40. The Hall–Kier alpha value is -2.59. The minimum atomic E-state index is -4.50. The van der Waals surface area contributed by atoms with Crippen LogP contribution >= 0.6 is 0 Å². The van der Waals surface area contributed by atoms with Gasteiger partial charge in [0.1, 0.15) is 5.75 Å². The lowest BCUT2D eigenvalue weighted by molar-refractivity contribution is -0.137. The van der Waals surface area contributed by atoms with Crippen LogP contribution in [0, 0.1) is 5.92 Å². The first kappa shape index (κ1) is 23.1. The Bertz CT molecular complexity index is 1020. The molecule has 0 aromatic heterocycles. The molecule has 0 saturated carbocycles. The van der Waals surface area contributed by atoms with Gasteiger partial charge in [-0.15, -0.1) is 0 Å². The van der Waals surface area contributed by atoms with Crippen molar-refractivity contribution in [3.05, 3.63) is 54.1 Å². The maximum Gasteiger partial charge on any atom is 0.416 e. The number of piperidine rings is 1. The molecule has 31 heavy (non-hydrogen) atoms. The highest BCUT2D eigenvalue weighted by atomic mass is 32.2. The number of hydrogen-bond donors (Lipinski definition) is 1. The summed E-state index contributed by atoms with van der Waals surface area (Å²) in [7, 11) is -3.70. The van der Waals surface area contributed by atoms with Crippen LogP contribution in [0.5, 0.6) is 5.75 Å². The van der Waals surface area contributed by atoms with E-state index in [9.17, 15) is 26.4 Å². The molecular weight excluding hydrogens is 433 g/mol. The second-order valence-corrected chi connectivity index (χ2v) is 9.09. The molecule has 2 aromatic carbocycles. The van der Waals surface area contributed by atoms with Crippen molar-refractivity contribution in [2.24, 2.45) is 5.92 Å². The van der Waals surface area contributed by atoms with Crippen molar-refractivity contribution in [2.75, 3.05) is 25.0 Å². The van der Waals surface area contributed by atoms with E-state index in [0.29, 0.717) is 12.4 Å². The Kier molecular flexibility index (Phi) is 6.90. The molecule has 0 spiro atoms. The van der Waals surface area contributed by atoms with Gasteiger partial charge in [0, 0.05) is 24.7 Å². The SMILES string of the molecule is CCOc1ccc(S(=O)(=O)N2CCC(C(=O)Nc3cccc(C(F)(F)F)c3)CC2)cc1. The van der Waals surface area contributed by atoms with Gasteiger partial charge < -0.3 is 10.1 Å². The summed E-state index contributed by atoms with van der Waals surface area (Å²) in [6, 6.07) is 10.6. The zero-order valence-corrected chi connectivity index (χ0v) is 17.7. The van der Waals surface area contributed by atoms with E-state index in [4.69, 9.17) is 4.74 Å². The highest BCUT2D eigenvalue weighted by Gasteiger charge is 2.33. The summed E-state index contributed by atoms with van der Waals surface area (Å²) in [5.74, 6) is -0.329. The highest BCUT2D eigenvalue weighted by Crippen LogP contribution is 2.31. The molecule has 1 saturated heterocycles. The number of benzene rings is 2. The summed E-state index contributed by atoms with van der Waals surface area (Å²) in [6.45, 7) is 2.60. The molecular formula is C21H23F3N2O4S. The number of carbonyl (C=O) groups is 1. The van der Waals surface area contributed by atoms with Crippen LogP contribution in [-0.2, 0) is 21.0 Å². The molecule has 3 rings (SSSR count). The molecule has 1 fully saturated rings. The Morgan fingerprint density at radius 1 is 1.13 bits per heavy atom. The summed E-state index contributed by atoms with van der Waals surface area (Å²) in [5, 5.41) is 2.51. The van der Waals surface area contributed by atoms with Gasteiger partial charge >= 0.3 is 6.18 Å². The summed E-state index contributed by atoms with van der Waals surface area (Å²) in [6.07, 6.45) is -3.94. The first-order chi connectivity index (χ1) is 14.6. The molecule has 1 amide bonds. The average Bonchev–Trinajstić information content (AvgIpc) is 2.74. The lowest BCUT2D eigenvalue weighted by Gasteiger charge is -2.30. The van der Waals surface area contributed by atoms with Crippen molar-refractivity contribution in [3.8, 4) is 5.75 Å². The summed E-state index contributed by atoms with van der Waals surface area (Å²) >= 11 is 0. The van der Waals surface area contributed by atoms with Crippen molar-refractivity contribution in [2.45, 2.75) is 30.8 Å². The average molecular weight is 456 g/mol. The number of ether oxygens (including phenoxy) is 1. The molecule has 0 radical (unpaired) electrons. The monoisotopic (exact) mass is 456 g/mol. The van der Waals surface area contributed by atoms with Crippen molar-refractivity contribution >= 4 is 21.6 Å². The Labute approximate surface area is 179 Å². The highest BCUT2D eigenvalue weighted by molar-refractivity contribution is 7.89. The van der Waals surface area contributed by atoms with Crippen LogP contribution in [0.15, 0.2) is 53.4 Å². The van der Waals surface area contributed by atoms with Crippen LogP contribution in [0.4, 0.5) is 18.9 Å². The molecule has 1 N–H and O–H groups in total. The van der Waals surface area contributed by atoms with Crippen LogP contribution in [0.2, 0.25) is 0 Å². The third kappa shape index (κ3) is 5.56. The van der Waals surface area contributed by atoms with Crippen LogP contribution in [0.25, 0.3) is 0 Å². The van der Waals surface area contributed by atoms with E-state index < -0.39 is 33.6 Å². The molecule has 0 bridgehead atoms. The second-order valence-electron chi connectivity index (χ2n) is 7.15. The molecule has 1 aliphatic heterocycles. The first-order valence-corrected chi connectivity index (χ1v) is 11.3. The number of rotatable bonds is 6. The van der Waals surface area contributed by atoms with Gasteiger partial charge in [-0.25, -0.2) is 8.42 Å². The van der Waals surface area contributed by atoms with Crippen molar-refractivity contribution in [1.82, 2.24) is 4.31 Å². The normalized spacial score (nSPS) is 16.1. The van der Waals surface area contributed by atoms with Gasteiger partial charge in [0.2, 0.25) is 15.9 Å². The third-order valence-electron chi connectivity index (χ3n) is 5.05. The first-order valence-electron chi connectivity index (χ1n) is 9.82. The van der Waals surface area contributed by atoms with Gasteiger partial charge in [0.05, 0.1) is 17.1 Å². The second kappa shape index (κ2) is 9.27. The number of sulfonamides is 1. The molecule has 2 aromatic rings. The van der Waals surface area contributed by atoms with Crippen LogP contribution < -0.4 is 10.1 Å². The van der Waals surface area contributed by atoms with Crippen molar-refractivity contribution < 1.29 is 31.1 Å². The zero-order chi connectivity index (χ0) is 22.6. The minimum Gasteiger partial charge on any atom is -0.494 e. The standard InChI is InChI=1S/C21H23F3N2O4S/c1-2-30-18-6-8-19(9-7-18)31(28,29)26-12-10-15(11-13-26)20(27)25-17-5-3-4-16(14-17)21(22,23)24/h3-9,14-15H,2,10-13H2,1H3,(H,25,27). The number of hydrogen-bond acceptors (Lipinski definition) is 4. The quantitative estimate of drug-likeness (QED) is 0.709. The van der Waals surface area contributed by atoms with Gasteiger partial charge in [0.15, 0.2) is 0 Å². The Balaban J connectivity index is 1.60. The van der Waals surface area contributed by atoms with Crippen LogP contribution in [0.1, 0.15) is 25.3 Å². The lowest BCUT2D eigenvalue weighted by Crippen LogP contribution is -2.41. The topological polar surface area (TPSA) is 75.7 Å². The number of nitrogens with one attached hydrogen (secondary N) is 1. The largest absolute Gasteiger partial charge is 0.494 e. The molecule has 6 nitrogen and oxygen atoms in total. The van der Waals surface area contributed by atoms with E-state index in [1.165, 1.54) is 28.6 Å². The molecule has 0 unspecified atom stereocenters. The molecule has 10 heteroatoms. The maximum absolute atomic E-state index is 12.8. The van der Waals surface area contributed by atoms with Gasteiger partial charge in [-0.2, -0.15) is 17.5 Å². The van der Waals surface area contributed by atoms with Gasteiger partial charge in [0.25, 0.3) is 0 Å². The summed E-state index contributed by atoms with van der Waals surface area (Å²) in [5.41, 5.74) is -0.786. The Morgan fingerprint density at radius 2 is 1.77 bits per heavy atom. The smallest absolute Gasteiger partial charge is 0.416 e. The molecule has 1 aliphatic rings. The number of anilines is 1. The molecule has 1 heterocycles. The van der Waals surface area contributed by atoms with Gasteiger partial charge in [-0.05, 0) is 62.2 Å². The molecule has 0 aliphatic carbocycles. The van der Waals surface area contributed by atoms with E-state index in [1.54, 1.807) is 12.1 Å². The van der Waals surface area contributed by atoms with Crippen LogP contribution in [0.3, 0.4) is 0 Å². The number of alkyl halides is 3. The predicted octanol–water partition coefficient (Wildman–Crippen LogP) is 4.14. The number of nitrogens with zero attached hydrogens (tertiary/aromatic N) is 1. The third-order valence-corrected chi connectivity index (χ3v) is 6.97. The minimum absolute atomic E-state index is 0.0595. The molecule has 0 atom stereocenters. The fourth-order valence-corrected chi connectivity index (χ4v) is 4.87. The van der Waals surface area contributed by atoms with Gasteiger partial charge in [-0.1, -0.05) is 6.07 Å². The number of halogens is 3. The Morgan fingerprint density at radius 3 is 2.35 bits per heavy atom. The van der Waals surface area contributed by atoms with E-state index in [1.807, 2.05) is 6.92 Å². The zero-order valence-electron chi connectivity index (χ0n) is 16.9. The number of amides is 1. The molecule has 168 valence electrons. The maximum atomic E-state index is 12.8. The van der Waals surface area contributed by atoms with Crippen molar-refractivity contribution in [1.29, 1.82) is 0 Å². The van der Waals surface area contributed by atoms with E-state index in [2.05, 4.69) is 5.32 Å². The van der Waals surface area contributed by atoms with Crippen LogP contribution in [-0.4, -0.2) is 38.3 Å². The van der Waals surface area contributed by atoms with E-state index >= 15 is 0 Å².